The highest BCUT2D eigenvalue weighted by atomic mass is 16.7. The van der Waals surface area contributed by atoms with Crippen molar-refractivity contribution in [1.82, 2.24) is 0 Å². The molecule has 0 aliphatic rings. The molecule has 0 saturated carbocycles. The average Bonchev–Trinajstić information content (AvgIpc) is 1.85. The van der Waals surface area contributed by atoms with Gasteiger partial charge in [-0.1, -0.05) is 0 Å². The summed E-state index contributed by atoms with van der Waals surface area (Å²) in [5.74, 6) is -0.519. The van der Waals surface area contributed by atoms with E-state index in [0.717, 1.165) is 0 Å². The Kier molecular flexibility index (Phi) is 3.87. The smallest absolute Gasteiger partial charge is 0.426 e. The summed E-state index contributed by atoms with van der Waals surface area (Å²) < 4.78 is 8.85. The molecule has 62 valence electrons. The van der Waals surface area contributed by atoms with E-state index in [0.29, 0.717) is 0 Å². The van der Waals surface area contributed by atoms with Crippen LogP contribution in [0, 0.1) is 0 Å². The Bertz CT molecular complexity index is 177. The van der Waals surface area contributed by atoms with E-state index in [4.69, 9.17) is 0 Å². The summed E-state index contributed by atoms with van der Waals surface area (Å²) in [7, 11) is 0. The molecule has 0 rings (SSSR count). The van der Waals surface area contributed by atoms with Crippen LogP contribution in [0.15, 0.2) is 4.99 Å². The monoisotopic (exact) mass is 159 g/mol. The topological polar surface area (TPSA) is 65.0 Å². The molecule has 1 atom stereocenters. The van der Waals surface area contributed by atoms with Gasteiger partial charge in [-0.25, -0.2) is 4.79 Å². The second-order valence-corrected chi connectivity index (χ2v) is 1.72. The van der Waals surface area contributed by atoms with Crippen LogP contribution >= 0.6 is 0 Å². The number of carbonyl (C=O) groups is 2. The van der Waals surface area contributed by atoms with Gasteiger partial charge in [0.15, 0.2) is 0 Å². The SMILES string of the molecule is C=NC(=O)OC(C)OC(C)=O. The molecule has 0 radical (unpaired) electrons. The fourth-order valence-electron chi connectivity index (χ4n) is 0.437. The van der Waals surface area contributed by atoms with Crippen molar-refractivity contribution in [3.8, 4) is 0 Å². The maximum Gasteiger partial charge on any atom is 0.436 e. The zero-order valence-electron chi connectivity index (χ0n) is 6.36. The third-order valence-corrected chi connectivity index (χ3v) is 0.728. The molecular formula is C6H9NO4. The minimum Gasteiger partial charge on any atom is -0.426 e. The predicted octanol–water partition coefficient (Wildman–Crippen LogP) is 0.733. The first-order valence-electron chi connectivity index (χ1n) is 2.91. The number of hydrogen-bond donors (Lipinski definition) is 0. The second-order valence-electron chi connectivity index (χ2n) is 1.72. The zero-order chi connectivity index (χ0) is 8.85. The molecule has 0 N–H and O–H groups in total. The Morgan fingerprint density at radius 1 is 1.45 bits per heavy atom. The van der Waals surface area contributed by atoms with Crippen molar-refractivity contribution in [1.29, 1.82) is 0 Å². The Labute approximate surface area is 64.0 Å². The Morgan fingerprint density at radius 2 is 2.00 bits per heavy atom. The lowest BCUT2D eigenvalue weighted by atomic mass is 10.7. The van der Waals surface area contributed by atoms with Crippen LogP contribution in [-0.2, 0) is 14.3 Å². The molecule has 5 nitrogen and oxygen atoms in total. The van der Waals surface area contributed by atoms with Crippen LogP contribution in [0.2, 0.25) is 0 Å². The predicted molar refractivity (Wildman–Crippen MR) is 37.3 cm³/mol. The molecule has 0 bridgehead atoms. The Morgan fingerprint density at radius 3 is 2.36 bits per heavy atom. The molecule has 0 aromatic carbocycles. The summed E-state index contributed by atoms with van der Waals surface area (Å²) in [6.45, 7) is 5.55. The highest BCUT2D eigenvalue weighted by Gasteiger charge is 2.08. The summed E-state index contributed by atoms with van der Waals surface area (Å²) in [5, 5.41) is 0. The Balaban J connectivity index is 3.68. The molecule has 0 fully saturated rings. The fourth-order valence-corrected chi connectivity index (χ4v) is 0.437. The maximum absolute atomic E-state index is 10.4. The van der Waals surface area contributed by atoms with Gasteiger partial charge in [-0.05, 0) is 6.72 Å². The van der Waals surface area contributed by atoms with Crippen molar-refractivity contribution < 1.29 is 19.1 Å². The number of carbonyl (C=O) groups excluding carboxylic acids is 2. The Hall–Kier alpha value is -1.39. The quantitative estimate of drug-likeness (QED) is 0.338. The minimum atomic E-state index is -0.912. The van der Waals surface area contributed by atoms with Crippen LogP contribution < -0.4 is 0 Å². The van der Waals surface area contributed by atoms with Crippen LogP contribution in [0.25, 0.3) is 0 Å². The van der Waals surface area contributed by atoms with Gasteiger partial charge in [0.25, 0.3) is 0 Å². The van der Waals surface area contributed by atoms with Gasteiger partial charge in [0, 0.05) is 13.8 Å². The number of aliphatic imine (C=N–C) groups is 1. The molecule has 0 spiro atoms. The zero-order valence-corrected chi connectivity index (χ0v) is 6.36. The van der Waals surface area contributed by atoms with Crippen LogP contribution in [0.1, 0.15) is 13.8 Å². The maximum atomic E-state index is 10.4. The first-order chi connectivity index (χ1) is 5.06. The lowest BCUT2D eigenvalue weighted by Crippen LogP contribution is -2.18. The van der Waals surface area contributed by atoms with Gasteiger partial charge in [0.05, 0.1) is 0 Å². The van der Waals surface area contributed by atoms with Crippen molar-refractivity contribution in [2.45, 2.75) is 20.1 Å². The third kappa shape index (κ3) is 5.07. The molecular weight excluding hydrogens is 150 g/mol. The molecule has 0 aliphatic carbocycles. The van der Waals surface area contributed by atoms with Crippen molar-refractivity contribution in [3.05, 3.63) is 0 Å². The number of nitrogens with zero attached hydrogens (tertiary/aromatic N) is 1. The molecule has 0 aliphatic heterocycles. The van der Waals surface area contributed by atoms with E-state index in [-0.39, 0.29) is 0 Å². The second kappa shape index (κ2) is 4.43. The van der Waals surface area contributed by atoms with Crippen LogP contribution in [-0.4, -0.2) is 25.1 Å². The number of esters is 1. The minimum absolute atomic E-state index is 0.519. The highest BCUT2D eigenvalue weighted by molar-refractivity contribution is 5.73. The van der Waals surface area contributed by atoms with Crippen molar-refractivity contribution in [2.75, 3.05) is 0 Å². The number of amides is 1. The van der Waals surface area contributed by atoms with Gasteiger partial charge in [-0.2, -0.15) is 4.99 Å². The van der Waals surface area contributed by atoms with Crippen LogP contribution in [0.3, 0.4) is 0 Å². The number of ether oxygens (including phenoxy) is 2. The van der Waals surface area contributed by atoms with E-state index in [1.54, 1.807) is 0 Å². The lowest BCUT2D eigenvalue weighted by molar-refractivity contribution is -0.161. The fraction of sp³-hybridized carbons (Fsp3) is 0.500. The first-order valence-corrected chi connectivity index (χ1v) is 2.91. The summed E-state index contributed by atoms with van der Waals surface area (Å²) in [6.07, 6.45) is -1.77. The van der Waals surface area contributed by atoms with E-state index < -0.39 is 18.4 Å². The molecule has 1 amide bonds. The highest BCUT2D eigenvalue weighted by Crippen LogP contribution is 1.95. The van der Waals surface area contributed by atoms with Crippen LogP contribution in [0.4, 0.5) is 4.79 Å². The van der Waals surface area contributed by atoms with Crippen molar-refractivity contribution in [3.63, 3.8) is 0 Å². The average molecular weight is 159 g/mol. The standard InChI is InChI=1S/C6H9NO4/c1-4(8)10-5(2)11-6(9)7-3/h5H,3H2,1-2H3. The van der Waals surface area contributed by atoms with Crippen molar-refractivity contribution in [2.24, 2.45) is 4.99 Å². The van der Waals surface area contributed by atoms with E-state index >= 15 is 0 Å². The molecule has 0 heterocycles. The molecule has 0 aromatic heterocycles. The van der Waals surface area contributed by atoms with Gasteiger partial charge in [0.2, 0.25) is 6.29 Å². The van der Waals surface area contributed by atoms with E-state index in [1.807, 2.05) is 0 Å². The number of hydrogen-bond acceptors (Lipinski definition) is 4. The van der Waals surface area contributed by atoms with Gasteiger partial charge in [-0.3, -0.25) is 4.79 Å². The summed E-state index contributed by atoms with van der Waals surface area (Å²) in [6, 6.07) is 0. The summed E-state index contributed by atoms with van der Waals surface area (Å²) in [4.78, 5) is 23.6. The third-order valence-electron chi connectivity index (χ3n) is 0.728. The van der Waals surface area contributed by atoms with E-state index in [2.05, 4.69) is 21.2 Å². The largest absolute Gasteiger partial charge is 0.436 e. The number of rotatable bonds is 2. The summed E-state index contributed by atoms with van der Waals surface area (Å²) in [5.41, 5.74) is 0. The van der Waals surface area contributed by atoms with Gasteiger partial charge in [0.1, 0.15) is 0 Å². The molecule has 0 aromatic rings. The first kappa shape index (κ1) is 9.61. The lowest BCUT2D eigenvalue weighted by Gasteiger charge is -2.09. The molecule has 1 unspecified atom stereocenters. The molecule has 11 heavy (non-hydrogen) atoms. The van der Waals surface area contributed by atoms with E-state index in [1.165, 1.54) is 13.8 Å². The molecule has 0 saturated heterocycles. The van der Waals surface area contributed by atoms with Gasteiger partial charge < -0.3 is 9.47 Å². The van der Waals surface area contributed by atoms with Crippen molar-refractivity contribution >= 4 is 18.8 Å². The normalized spacial score (nSPS) is 11.5. The molecule has 5 heteroatoms. The van der Waals surface area contributed by atoms with Crippen LogP contribution in [0.5, 0.6) is 0 Å². The summed E-state index contributed by atoms with van der Waals surface area (Å²) >= 11 is 0. The van der Waals surface area contributed by atoms with Gasteiger partial charge in [-0.15, -0.1) is 0 Å². The van der Waals surface area contributed by atoms with Gasteiger partial charge >= 0.3 is 12.1 Å². The van der Waals surface area contributed by atoms with E-state index in [9.17, 15) is 9.59 Å².